The second kappa shape index (κ2) is 7.07. The maximum Gasteiger partial charge on any atom is 0.306 e. The van der Waals surface area contributed by atoms with E-state index in [4.69, 9.17) is 15.2 Å². The molecule has 0 saturated carbocycles. The number of rotatable bonds is 5. The second-order valence-electron chi connectivity index (χ2n) is 5.80. The number of carbonyl (C=O) groups excluding carboxylic acids is 1. The van der Waals surface area contributed by atoms with Crippen molar-refractivity contribution in [2.24, 2.45) is 5.73 Å². The lowest BCUT2D eigenvalue weighted by Gasteiger charge is -2.29. The van der Waals surface area contributed by atoms with Crippen LogP contribution < -0.4 is 5.73 Å². The third kappa shape index (κ3) is 6.93. The number of ether oxygens (including phenoxy) is 2. The third-order valence-electron chi connectivity index (χ3n) is 2.74. The molecule has 1 rings (SSSR count). The maximum atomic E-state index is 11.5. The summed E-state index contributed by atoms with van der Waals surface area (Å²) < 4.78 is 10.5. The summed E-state index contributed by atoms with van der Waals surface area (Å²) in [6.45, 7) is 9.86. The summed E-state index contributed by atoms with van der Waals surface area (Å²) in [5.74, 6) is -0.167. The molecule has 1 atom stereocenters. The monoisotopic (exact) mass is 258 g/mol. The van der Waals surface area contributed by atoms with Gasteiger partial charge in [-0.15, -0.1) is 0 Å². The van der Waals surface area contributed by atoms with Crippen LogP contribution in [0, 0.1) is 0 Å². The summed E-state index contributed by atoms with van der Waals surface area (Å²) in [6, 6.07) is 0.0237. The molecule has 5 nitrogen and oxygen atoms in total. The van der Waals surface area contributed by atoms with E-state index in [1.807, 2.05) is 20.8 Å². The molecule has 18 heavy (non-hydrogen) atoms. The molecule has 0 aromatic heterocycles. The Morgan fingerprint density at radius 2 is 2.00 bits per heavy atom. The molecule has 1 aliphatic rings. The molecule has 0 amide bonds. The van der Waals surface area contributed by atoms with E-state index in [-0.39, 0.29) is 12.0 Å². The van der Waals surface area contributed by atoms with Crippen molar-refractivity contribution in [3.8, 4) is 0 Å². The van der Waals surface area contributed by atoms with Crippen molar-refractivity contribution in [2.75, 3.05) is 32.8 Å². The van der Waals surface area contributed by atoms with Crippen LogP contribution in [0.4, 0.5) is 0 Å². The van der Waals surface area contributed by atoms with Gasteiger partial charge in [0.1, 0.15) is 5.60 Å². The SMILES string of the molecule is CC(C)(C)OC(=O)CCC(N)CN1CCOCC1. The van der Waals surface area contributed by atoms with Crippen LogP contribution in [0.3, 0.4) is 0 Å². The topological polar surface area (TPSA) is 64.8 Å². The Morgan fingerprint density at radius 3 is 2.56 bits per heavy atom. The van der Waals surface area contributed by atoms with E-state index in [1.54, 1.807) is 0 Å². The van der Waals surface area contributed by atoms with Crippen LogP contribution in [0.2, 0.25) is 0 Å². The standard InChI is InChI=1S/C13H26N2O3/c1-13(2,3)18-12(16)5-4-11(14)10-15-6-8-17-9-7-15/h11H,4-10,14H2,1-3H3. The van der Waals surface area contributed by atoms with Crippen molar-refractivity contribution in [3.05, 3.63) is 0 Å². The number of morpholine rings is 1. The lowest BCUT2D eigenvalue weighted by molar-refractivity contribution is -0.155. The van der Waals surface area contributed by atoms with Crippen LogP contribution in [-0.2, 0) is 14.3 Å². The molecular weight excluding hydrogens is 232 g/mol. The summed E-state index contributed by atoms with van der Waals surface area (Å²) in [5, 5.41) is 0. The number of nitrogens with zero attached hydrogens (tertiary/aromatic N) is 1. The maximum absolute atomic E-state index is 11.5. The zero-order valence-electron chi connectivity index (χ0n) is 11.8. The van der Waals surface area contributed by atoms with Gasteiger partial charge >= 0.3 is 5.97 Å². The van der Waals surface area contributed by atoms with Crippen LogP contribution in [-0.4, -0.2) is 55.4 Å². The van der Waals surface area contributed by atoms with Gasteiger partial charge in [-0.05, 0) is 27.2 Å². The number of hydrogen-bond donors (Lipinski definition) is 1. The van der Waals surface area contributed by atoms with E-state index >= 15 is 0 Å². The van der Waals surface area contributed by atoms with Crippen LogP contribution in [0.1, 0.15) is 33.6 Å². The van der Waals surface area contributed by atoms with Crippen LogP contribution in [0.15, 0.2) is 0 Å². The van der Waals surface area contributed by atoms with Crippen molar-refractivity contribution in [3.63, 3.8) is 0 Å². The van der Waals surface area contributed by atoms with Crippen molar-refractivity contribution in [2.45, 2.75) is 45.3 Å². The first-order valence-electron chi connectivity index (χ1n) is 6.64. The van der Waals surface area contributed by atoms with Crippen molar-refractivity contribution in [1.29, 1.82) is 0 Å². The Kier molecular flexibility index (Phi) is 6.05. The van der Waals surface area contributed by atoms with Gasteiger partial charge in [-0.2, -0.15) is 0 Å². The highest BCUT2D eigenvalue weighted by atomic mass is 16.6. The number of carbonyl (C=O) groups is 1. The highest BCUT2D eigenvalue weighted by Gasteiger charge is 2.18. The molecular formula is C13H26N2O3. The van der Waals surface area contributed by atoms with Crippen LogP contribution in [0.25, 0.3) is 0 Å². The summed E-state index contributed by atoms with van der Waals surface area (Å²) in [4.78, 5) is 13.8. The molecule has 1 fully saturated rings. The van der Waals surface area contributed by atoms with Crippen molar-refractivity contribution < 1.29 is 14.3 Å². The van der Waals surface area contributed by atoms with Gasteiger partial charge in [0.25, 0.3) is 0 Å². The summed E-state index contributed by atoms with van der Waals surface area (Å²) in [5.41, 5.74) is 5.62. The molecule has 1 unspecified atom stereocenters. The molecule has 2 N–H and O–H groups in total. The third-order valence-corrected chi connectivity index (χ3v) is 2.74. The predicted molar refractivity (Wildman–Crippen MR) is 70.3 cm³/mol. The molecule has 1 heterocycles. The van der Waals surface area contributed by atoms with E-state index in [2.05, 4.69) is 4.90 Å². The lowest BCUT2D eigenvalue weighted by atomic mass is 10.1. The highest BCUT2D eigenvalue weighted by Crippen LogP contribution is 2.10. The molecule has 1 aliphatic heterocycles. The zero-order valence-corrected chi connectivity index (χ0v) is 11.8. The van der Waals surface area contributed by atoms with E-state index in [0.29, 0.717) is 12.8 Å². The predicted octanol–water partition coefficient (Wildman–Crippen LogP) is 0.768. The van der Waals surface area contributed by atoms with E-state index in [1.165, 1.54) is 0 Å². The average Bonchev–Trinajstić information content (AvgIpc) is 2.25. The summed E-state index contributed by atoms with van der Waals surface area (Å²) >= 11 is 0. The Balaban J connectivity index is 2.16. The van der Waals surface area contributed by atoms with Gasteiger partial charge in [-0.3, -0.25) is 9.69 Å². The minimum atomic E-state index is -0.411. The van der Waals surface area contributed by atoms with Gasteiger partial charge in [-0.25, -0.2) is 0 Å². The number of esters is 1. The largest absolute Gasteiger partial charge is 0.460 e. The first-order chi connectivity index (χ1) is 8.37. The molecule has 1 saturated heterocycles. The van der Waals surface area contributed by atoms with Gasteiger partial charge in [0.05, 0.1) is 13.2 Å². The quantitative estimate of drug-likeness (QED) is 0.738. The summed E-state index contributed by atoms with van der Waals surface area (Å²) in [6.07, 6.45) is 1.06. The Labute approximate surface area is 110 Å². The summed E-state index contributed by atoms with van der Waals surface area (Å²) in [7, 11) is 0. The van der Waals surface area contributed by atoms with Gasteiger partial charge < -0.3 is 15.2 Å². The molecule has 0 aromatic rings. The average molecular weight is 258 g/mol. The Bertz CT molecular complexity index is 257. The van der Waals surface area contributed by atoms with Gasteiger partial charge in [0, 0.05) is 32.1 Å². The fourth-order valence-electron chi connectivity index (χ4n) is 1.90. The number of nitrogens with two attached hydrogens (primary N) is 1. The van der Waals surface area contributed by atoms with E-state index in [9.17, 15) is 4.79 Å². The van der Waals surface area contributed by atoms with Gasteiger partial charge in [0.2, 0.25) is 0 Å². The molecule has 106 valence electrons. The van der Waals surface area contributed by atoms with Gasteiger partial charge in [-0.1, -0.05) is 0 Å². The van der Waals surface area contributed by atoms with E-state index in [0.717, 1.165) is 32.8 Å². The minimum Gasteiger partial charge on any atom is -0.460 e. The van der Waals surface area contributed by atoms with Crippen LogP contribution >= 0.6 is 0 Å². The molecule has 0 aliphatic carbocycles. The molecule has 0 bridgehead atoms. The fraction of sp³-hybridized carbons (Fsp3) is 0.923. The first-order valence-corrected chi connectivity index (χ1v) is 6.64. The second-order valence-corrected chi connectivity index (χ2v) is 5.80. The van der Waals surface area contributed by atoms with E-state index < -0.39 is 5.60 Å². The molecule has 0 aromatic carbocycles. The Hall–Kier alpha value is -0.650. The lowest BCUT2D eigenvalue weighted by Crippen LogP contribution is -2.43. The molecule has 0 radical (unpaired) electrons. The van der Waals surface area contributed by atoms with Crippen LogP contribution in [0.5, 0.6) is 0 Å². The smallest absolute Gasteiger partial charge is 0.306 e. The highest BCUT2D eigenvalue weighted by molar-refractivity contribution is 5.69. The number of hydrogen-bond acceptors (Lipinski definition) is 5. The van der Waals surface area contributed by atoms with Crippen molar-refractivity contribution >= 4 is 5.97 Å². The first kappa shape index (κ1) is 15.4. The Morgan fingerprint density at radius 1 is 1.39 bits per heavy atom. The molecule has 5 heteroatoms. The van der Waals surface area contributed by atoms with Crippen molar-refractivity contribution in [1.82, 2.24) is 4.90 Å². The molecule has 0 spiro atoms. The van der Waals surface area contributed by atoms with Gasteiger partial charge in [0.15, 0.2) is 0 Å². The fourth-order valence-corrected chi connectivity index (χ4v) is 1.90. The minimum absolute atomic E-state index is 0.0237. The normalized spacial score (nSPS) is 19.6. The zero-order chi connectivity index (χ0) is 13.6.